The number of benzene rings is 1. The second-order valence-corrected chi connectivity index (χ2v) is 7.92. The molecule has 0 unspecified atom stereocenters. The van der Waals surface area contributed by atoms with Crippen LogP contribution in [0.25, 0.3) is 0 Å². The zero-order valence-electron chi connectivity index (χ0n) is 15.2. The van der Waals surface area contributed by atoms with Gasteiger partial charge >= 0.3 is 6.03 Å². The number of nitrogens with zero attached hydrogens (tertiary/aromatic N) is 1. The highest BCUT2D eigenvalue weighted by Crippen LogP contribution is 2.21. The summed E-state index contributed by atoms with van der Waals surface area (Å²) < 4.78 is 0. The smallest absolute Gasteiger partial charge is 0.319 e. The highest BCUT2D eigenvalue weighted by molar-refractivity contribution is 7.09. The Morgan fingerprint density at radius 3 is 2.65 bits per heavy atom. The van der Waals surface area contributed by atoms with E-state index in [1.807, 2.05) is 35.4 Å². The van der Waals surface area contributed by atoms with Crippen LogP contribution in [0, 0.1) is 12.8 Å². The molecule has 0 radical (unpaired) electrons. The molecule has 6 heteroatoms. The number of hydrogen-bond acceptors (Lipinski definition) is 3. The van der Waals surface area contributed by atoms with Gasteiger partial charge in [-0.2, -0.15) is 0 Å². The van der Waals surface area contributed by atoms with Crippen molar-refractivity contribution in [3.8, 4) is 0 Å². The Balaban J connectivity index is 1.58. The minimum absolute atomic E-state index is 0.0775. The number of aryl methyl sites for hydroxylation is 1. The molecule has 1 fully saturated rings. The van der Waals surface area contributed by atoms with Crippen LogP contribution in [0.5, 0.6) is 0 Å². The van der Waals surface area contributed by atoms with Crippen LogP contribution in [0.1, 0.15) is 40.6 Å². The summed E-state index contributed by atoms with van der Waals surface area (Å²) >= 11 is 1.61. The van der Waals surface area contributed by atoms with Crippen LogP contribution in [-0.2, 0) is 6.54 Å². The van der Waals surface area contributed by atoms with Crippen molar-refractivity contribution in [2.24, 2.45) is 5.92 Å². The van der Waals surface area contributed by atoms with Crippen molar-refractivity contribution >= 4 is 29.0 Å². The first kappa shape index (κ1) is 18.5. The molecule has 2 heterocycles. The maximum Gasteiger partial charge on any atom is 0.319 e. The number of urea groups is 1. The fourth-order valence-electron chi connectivity index (χ4n) is 3.08. The van der Waals surface area contributed by atoms with Crippen molar-refractivity contribution in [1.29, 1.82) is 0 Å². The van der Waals surface area contributed by atoms with Gasteiger partial charge in [0.05, 0.1) is 6.54 Å². The number of likely N-dealkylation sites (tertiary alicyclic amines) is 1. The van der Waals surface area contributed by atoms with E-state index in [2.05, 4.69) is 17.6 Å². The van der Waals surface area contributed by atoms with Crippen molar-refractivity contribution < 1.29 is 9.59 Å². The molecule has 0 atom stereocenters. The molecule has 0 aliphatic carbocycles. The normalized spacial score (nSPS) is 14.9. The molecule has 1 aliphatic heterocycles. The number of nitrogens with one attached hydrogen (secondary N) is 2. The van der Waals surface area contributed by atoms with Gasteiger partial charge in [-0.3, -0.25) is 4.79 Å². The van der Waals surface area contributed by atoms with E-state index in [0.29, 0.717) is 18.0 Å². The summed E-state index contributed by atoms with van der Waals surface area (Å²) in [5, 5.41) is 7.68. The van der Waals surface area contributed by atoms with Crippen LogP contribution < -0.4 is 10.6 Å². The Morgan fingerprint density at radius 2 is 2.00 bits per heavy atom. The fraction of sp³-hybridized carbons (Fsp3) is 0.400. The molecule has 3 rings (SSSR count). The van der Waals surface area contributed by atoms with E-state index in [4.69, 9.17) is 0 Å². The molecule has 1 saturated heterocycles. The molecule has 0 spiro atoms. The highest BCUT2D eigenvalue weighted by Gasteiger charge is 2.21. The van der Waals surface area contributed by atoms with Gasteiger partial charge in [0.15, 0.2) is 0 Å². The van der Waals surface area contributed by atoms with E-state index >= 15 is 0 Å². The van der Waals surface area contributed by atoms with Crippen molar-refractivity contribution in [3.05, 3.63) is 51.7 Å². The van der Waals surface area contributed by atoms with Gasteiger partial charge in [0, 0.05) is 29.2 Å². The van der Waals surface area contributed by atoms with E-state index in [9.17, 15) is 9.59 Å². The van der Waals surface area contributed by atoms with Gasteiger partial charge in [-0.15, -0.1) is 11.3 Å². The summed E-state index contributed by atoms with van der Waals surface area (Å²) in [5.74, 6) is 0.772. The highest BCUT2D eigenvalue weighted by atomic mass is 32.1. The Labute approximate surface area is 158 Å². The third-order valence-corrected chi connectivity index (χ3v) is 5.67. The van der Waals surface area contributed by atoms with Gasteiger partial charge in [0.25, 0.3) is 5.91 Å². The van der Waals surface area contributed by atoms with Crippen molar-refractivity contribution in [3.63, 3.8) is 0 Å². The van der Waals surface area contributed by atoms with Crippen LogP contribution in [0.4, 0.5) is 10.5 Å². The lowest BCUT2D eigenvalue weighted by Crippen LogP contribution is -2.37. The Hall–Kier alpha value is -2.34. The first-order valence-corrected chi connectivity index (χ1v) is 9.88. The summed E-state index contributed by atoms with van der Waals surface area (Å²) in [7, 11) is 0. The monoisotopic (exact) mass is 371 g/mol. The summed E-state index contributed by atoms with van der Waals surface area (Å²) in [4.78, 5) is 27.7. The van der Waals surface area contributed by atoms with Gasteiger partial charge < -0.3 is 15.5 Å². The van der Waals surface area contributed by atoms with Gasteiger partial charge in [-0.25, -0.2) is 4.79 Å². The molecule has 3 amide bonds. The Morgan fingerprint density at radius 1 is 1.23 bits per heavy atom. The summed E-state index contributed by atoms with van der Waals surface area (Å²) in [6.07, 6.45) is 2.13. The molecule has 26 heavy (non-hydrogen) atoms. The molecular weight excluding hydrogens is 346 g/mol. The molecule has 138 valence electrons. The minimum atomic E-state index is -0.245. The molecule has 1 aromatic carbocycles. The molecule has 0 saturated carbocycles. The molecule has 5 nitrogen and oxygen atoms in total. The molecule has 2 N–H and O–H groups in total. The van der Waals surface area contributed by atoms with Gasteiger partial charge in [0.1, 0.15) is 0 Å². The lowest BCUT2D eigenvalue weighted by atomic mass is 9.98. The predicted molar refractivity (Wildman–Crippen MR) is 106 cm³/mol. The van der Waals surface area contributed by atoms with Crippen LogP contribution in [0.2, 0.25) is 0 Å². The molecule has 2 aromatic rings. The predicted octanol–water partition coefficient (Wildman–Crippen LogP) is 4.25. The first-order chi connectivity index (χ1) is 12.5. The van der Waals surface area contributed by atoms with E-state index in [1.54, 1.807) is 23.5 Å². The van der Waals surface area contributed by atoms with Crippen molar-refractivity contribution in [2.45, 2.75) is 33.2 Å². The molecule has 1 aromatic heterocycles. The number of anilines is 1. The largest absolute Gasteiger partial charge is 0.339 e. The van der Waals surface area contributed by atoms with Crippen molar-refractivity contribution in [1.82, 2.24) is 10.2 Å². The van der Waals surface area contributed by atoms with E-state index in [-0.39, 0.29) is 11.9 Å². The third kappa shape index (κ3) is 4.64. The number of rotatable bonds is 4. The van der Waals surface area contributed by atoms with E-state index in [0.717, 1.165) is 42.1 Å². The number of amides is 3. The van der Waals surface area contributed by atoms with Gasteiger partial charge in [0.2, 0.25) is 0 Å². The lowest BCUT2D eigenvalue weighted by Gasteiger charge is -2.30. The molecular formula is C20H25N3O2S. The van der Waals surface area contributed by atoms with Crippen LogP contribution in [-0.4, -0.2) is 29.9 Å². The fourth-order valence-corrected chi connectivity index (χ4v) is 3.72. The van der Waals surface area contributed by atoms with E-state index < -0.39 is 0 Å². The summed E-state index contributed by atoms with van der Waals surface area (Å²) in [6, 6.07) is 9.16. The number of carbonyl (C=O) groups excluding carboxylic acids is 2. The Bertz CT molecular complexity index is 765. The number of thiophene rings is 1. The second-order valence-electron chi connectivity index (χ2n) is 6.89. The average Bonchev–Trinajstić information content (AvgIpc) is 3.15. The topological polar surface area (TPSA) is 61.4 Å². The number of hydrogen-bond donors (Lipinski definition) is 2. The SMILES string of the molecule is Cc1cc(C(=O)N2CCC(C)CC2)ccc1NC(=O)NCc1cccs1. The third-order valence-electron chi connectivity index (χ3n) is 4.80. The maximum absolute atomic E-state index is 12.7. The van der Waals surface area contributed by atoms with Gasteiger partial charge in [-0.1, -0.05) is 13.0 Å². The van der Waals surface area contributed by atoms with Crippen LogP contribution >= 0.6 is 11.3 Å². The standard InChI is InChI=1S/C20H25N3O2S/c1-14-7-9-23(10-8-14)19(24)16-5-6-18(15(2)12-16)22-20(25)21-13-17-4-3-11-26-17/h3-6,11-12,14H,7-10,13H2,1-2H3,(H2,21,22,25). The minimum Gasteiger partial charge on any atom is -0.339 e. The summed E-state index contributed by atoms with van der Waals surface area (Å²) in [6.45, 7) is 6.29. The number of carbonyl (C=O) groups is 2. The first-order valence-electron chi connectivity index (χ1n) is 9.00. The average molecular weight is 372 g/mol. The second kappa shape index (κ2) is 8.36. The zero-order chi connectivity index (χ0) is 18.5. The summed E-state index contributed by atoms with van der Waals surface area (Å²) in [5.41, 5.74) is 2.28. The van der Waals surface area contributed by atoms with Crippen molar-refractivity contribution in [2.75, 3.05) is 18.4 Å². The molecule has 0 bridgehead atoms. The van der Waals surface area contributed by atoms with Crippen LogP contribution in [0.15, 0.2) is 35.7 Å². The quantitative estimate of drug-likeness (QED) is 0.844. The van der Waals surface area contributed by atoms with E-state index in [1.165, 1.54) is 0 Å². The zero-order valence-corrected chi connectivity index (χ0v) is 16.1. The lowest BCUT2D eigenvalue weighted by molar-refractivity contribution is 0.0697. The maximum atomic E-state index is 12.7. The van der Waals surface area contributed by atoms with Gasteiger partial charge in [-0.05, 0) is 60.9 Å². The Kier molecular flexibility index (Phi) is 5.93. The number of piperidine rings is 1. The molecule has 1 aliphatic rings. The van der Waals surface area contributed by atoms with Crippen LogP contribution in [0.3, 0.4) is 0 Å².